The molecule has 0 amide bonds. The van der Waals surface area contributed by atoms with E-state index < -0.39 is 0 Å². The van der Waals surface area contributed by atoms with E-state index in [4.69, 9.17) is 0 Å². The van der Waals surface area contributed by atoms with Crippen molar-refractivity contribution in [1.29, 1.82) is 0 Å². The Labute approximate surface area is 144 Å². The van der Waals surface area contributed by atoms with Gasteiger partial charge in [-0.1, -0.05) is 65.0 Å². The van der Waals surface area contributed by atoms with Crippen LogP contribution in [0.3, 0.4) is 0 Å². The van der Waals surface area contributed by atoms with Crippen molar-refractivity contribution in [3.8, 4) is 11.3 Å². The Balaban J connectivity index is 2.08. The maximum atomic E-state index is 4.64. The third-order valence-corrected chi connectivity index (χ3v) is 5.06. The second kappa shape index (κ2) is 4.89. The number of benzene rings is 2. The second-order valence-electron chi connectivity index (χ2n) is 8.67. The van der Waals surface area contributed by atoms with E-state index in [9.17, 15) is 0 Å². The molecule has 0 aliphatic heterocycles. The van der Waals surface area contributed by atoms with E-state index in [1.54, 1.807) is 6.33 Å². The number of hydrogen-bond acceptors (Lipinski definition) is 2. The van der Waals surface area contributed by atoms with E-state index in [1.165, 1.54) is 27.6 Å². The average Bonchev–Trinajstić information content (AvgIpc) is 2.51. The van der Waals surface area contributed by atoms with E-state index in [2.05, 4.69) is 81.0 Å². The molecule has 2 aromatic carbocycles. The predicted molar refractivity (Wildman–Crippen MR) is 100 cm³/mol. The molecular weight excluding hydrogens is 292 g/mol. The maximum absolute atomic E-state index is 4.64. The van der Waals surface area contributed by atoms with Gasteiger partial charge in [-0.15, -0.1) is 0 Å². The lowest BCUT2D eigenvalue weighted by molar-refractivity contribution is 0.411. The number of aromatic nitrogens is 2. The summed E-state index contributed by atoms with van der Waals surface area (Å²) in [6.07, 6.45) is 2.75. The van der Waals surface area contributed by atoms with E-state index in [-0.39, 0.29) is 10.8 Å². The quantitative estimate of drug-likeness (QED) is 0.590. The van der Waals surface area contributed by atoms with Gasteiger partial charge in [0.05, 0.1) is 11.2 Å². The summed E-state index contributed by atoms with van der Waals surface area (Å²) in [5.41, 5.74) is 7.67. The third-order valence-electron chi connectivity index (χ3n) is 5.06. The Morgan fingerprint density at radius 3 is 2.46 bits per heavy atom. The van der Waals surface area contributed by atoms with Crippen LogP contribution in [0.15, 0.2) is 42.7 Å². The van der Waals surface area contributed by atoms with Gasteiger partial charge >= 0.3 is 0 Å². The minimum atomic E-state index is -0.0412. The van der Waals surface area contributed by atoms with Crippen LogP contribution in [0.25, 0.3) is 22.2 Å². The molecule has 0 saturated carbocycles. The van der Waals surface area contributed by atoms with Crippen LogP contribution < -0.4 is 0 Å². The minimum absolute atomic E-state index is 0.0412. The molecule has 0 unspecified atom stereocenters. The molecular formula is C22H24N2. The average molecular weight is 316 g/mol. The summed E-state index contributed by atoms with van der Waals surface area (Å²) in [7, 11) is 0. The number of rotatable bonds is 1. The highest BCUT2D eigenvalue weighted by atomic mass is 14.8. The van der Waals surface area contributed by atoms with Crippen LogP contribution in [0.4, 0.5) is 0 Å². The molecule has 1 aliphatic rings. The van der Waals surface area contributed by atoms with Crippen LogP contribution in [0.5, 0.6) is 0 Å². The smallest absolute Gasteiger partial charge is 0.116 e. The fraction of sp³-hybridized carbons (Fsp3) is 0.364. The molecule has 3 aromatic rings. The molecule has 0 radical (unpaired) electrons. The van der Waals surface area contributed by atoms with Gasteiger partial charge in [0, 0.05) is 16.4 Å². The molecule has 2 heteroatoms. The molecule has 1 aliphatic carbocycles. The highest BCUT2D eigenvalue weighted by Crippen LogP contribution is 2.47. The summed E-state index contributed by atoms with van der Waals surface area (Å²) in [6, 6.07) is 13.3. The van der Waals surface area contributed by atoms with Crippen molar-refractivity contribution >= 4 is 10.9 Å². The monoisotopic (exact) mass is 316 g/mol. The van der Waals surface area contributed by atoms with Gasteiger partial charge in [-0.25, -0.2) is 9.97 Å². The van der Waals surface area contributed by atoms with Gasteiger partial charge in [0.1, 0.15) is 6.33 Å². The van der Waals surface area contributed by atoms with Crippen molar-refractivity contribution in [2.45, 2.75) is 46.5 Å². The molecule has 0 fully saturated rings. The van der Waals surface area contributed by atoms with Crippen LogP contribution in [0, 0.1) is 5.41 Å². The van der Waals surface area contributed by atoms with Crippen LogP contribution in [0.1, 0.15) is 51.3 Å². The lowest BCUT2D eigenvalue weighted by atomic mass is 9.69. The molecule has 2 nitrogen and oxygen atoms in total. The SMILES string of the molecule is CC(C)(C)Cc1cc2c3c(ncnc3c1)-c1ccccc1C2(C)C. The Hall–Kier alpha value is -2.22. The highest BCUT2D eigenvalue weighted by molar-refractivity contribution is 5.99. The van der Waals surface area contributed by atoms with Crippen LogP contribution in [-0.2, 0) is 11.8 Å². The number of nitrogens with zero attached hydrogens (tertiary/aromatic N) is 2. The second-order valence-corrected chi connectivity index (χ2v) is 8.67. The Morgan fingerprint density at radius 1 is 0.958 bits per heavy atom. The van der Waals surface area contributed by atoms with Gasteiger partial charge in [0.25, 0.3) is 0 Å². The Kier molecular flexibility index (Phi) is 3.12. The molecule has 24 heavy (non-hydrogen) atoms. The van der Waals surface area contributed by atoms with Crippen molar-refractivity contribution in [3.05, 3.63) is 59.4 Å². The first-order chi connectivity index (χ1) is 11.3. The molecule has 0 N–H and O–H groups in total. The van der Waals surface area contributed by atoms with Crippen molar-refractivity contribution in [2.75, 3.05) is 0 Å². The Bertz CT molecular complexity index is 946. The first-order valence-corrected chi connectivity index (χ1v) is 8.65. The van der Waals surface area contributed by atoms with Crippen molar-refractivity contribution < 1.29 is 0 Å². The maximum Gasteiger partial charge on any atom is 0.116 e. The normalized spacial score (nSPS) is 15.4. The number of fused-ring (bicyclic) bond motifs is 2. The van der Waals surface area contributed by atoms with Crippen LogP contribution in [-0.4, -0.2) is 9.97 Å². The zero-order valence-electron chi connectivity index (χ0n) is 15.1. The van der Waals surface area contributed by atoms with E-state index >= 15 is 0 Å². The van der Waals surface area contributed by atoms with Crippen LogP contribution >= 0.6 is 0 Å². The van der Waals surface area contributed by atoms with Crippen molar-refractivity contribution in [3.63, 3.8) is 0 Å². The molecule has 0 saturated heterocycles. The Morgan fingerprint density at radius 2 is 1.71 bits per heavy atom. The largest absolute Gasteiger partial charge is 0.236 e. The van der Waals surface area contributed by atoms with Gasteiger partial charge in [-0.3, -0.25) is 0 Å². The van der Waals surface area contributed by atoms with Crippen LogP contribution in [0.2, 0.25) is 0 Å². The van der Waals surface area contributed by atoms with Crippen molar-refractivity contribution in [2.24, 2.45) is 5.41 Å². The van der Waals surface area contributed by atoms with Gasteiger partial charge in [-0.05, 0) is 34.6 Å². The zero-order chi connectivity index (χ0) is 17.1. The minimum Gasteiger partial charge on any atom is -0.236 e. The summed E-state index contributed by atoms with van der Waals surface area (Å²) in [4.78, 5) is 9.24. The van der Waals surface area contributed by atoms with Gasteiger partial charge in [0.15, 0.2) is 0 Å². The lowest BCUT2D eigenvalue weighted by Gasteiger charge is -2.35. The molecule has 0 bridgehead atoms. The third kappa shape index (κ3) is 2.24. The van der Waals surface area contributed by atoms with Gasteiger partial charge in [0.2, 0.25) is 0 Å². The summed E-state index contributed by atoms with van der Waals surface area (Å²) in [5.74, 6) is 0. The van der Waals surface area contributed by atoms with Crippen molar-refractivity contribution in [1.82, 2.24) is 9.97 Å². The highest BCUT2D eigenvalue weighted by Gasteiger charge is 2.34. The molecule has 0 spiro atoms. The van der Waals surface area contributed by atoms with Gasteiger partial charge in [-0.2, -0.15) is 0 Å². The summed E-state index contributed by atoms with van der Waals surface area (Å²) >= 11 is 0. The number of hydrogen-bond donors (Lipinski definition) is 0. The fourth-order valence-electron chi connectivity index (χ4n) is 4.04. The topological polar surface area (TPSA) is 25.8 Å². The zero-order valence-corrected chi connectivity index (χ0v) is 15.1. The van der Waals surface area contributed by atoms with E-state index in [1.807, 2.05) is 0 Å². The fourth-order valence-corrected chi connectivity index (χ4v) is 4.04. The molecule has 1 aromatic heterocycles. The van der Waals surface area contributed by atoms with E-state index in [0.717, 1.165) is 17.6 Å². The van der Waals surface area contributed by atoms with E-state index in [0.29, 0.717) is 0 Å². The summed E-state index contributed by atoms with van der Waals surface area (Å²) in [6.45, 7) is 11.5. The predicted octanol–water partition coefficient (Wildman–Crippen LogP) is 5.52. The first kappa shape index (κ1) is 15.3. The lowest BCUT2D eigenvalue weighted by Crippen LogP contribution is -2.25. The molecule has 122 valence electrons. The standard InChI is InChI=1S/C22H24N2/c1-21(2,3)12-14-10-17-19-18(11-14)23-13-24-20(19)15-8-6-7-9-16(15)22(17,4)5/h6-11,13H,12H2,1-5H3. The summed E-state index contributed by atoms with van der Waals surface area (Å²) < 4.78 is 0. The summed E-state index contributed by atoms with van der Waals surface area (Å²) in [5, 5.41) is 1.22. The molecule has 1 heterocycles. The first-order valence-electron chi connectivity index (χ1n) is 8.65. The molecule has 0 atom stereocenters. The molecule has 4 rings (SSSR count). The van der Waals surface area contributed by atoms with Gasteiger partial charge < -0.3 is 0 Å².